The van der Waals surface area contributed by atoms with Crippen LogP contribution in [0.5, 0.6) is 0 Å². The average molecular weight is 279 g/mol. The summed E-state index contributed by atoms with van der Waals surface area (Å²) in [6.45, 7) is 5.82. The zero-order chi connectivity index (χ0) is 14.0. The molecule has 5 heteroatoms. The first-order valence-corrected chi connectivity index (χ1v) is 6.98. The van der Waals surface area contributed by atoms with Gasteiger partial charge in [0.2, 0.25) is 0 Å². The molecular formula is C14H18FN3S. The minimum Gasteiger partial charge on any atom is -0.271 e. The normalized spacial score (nSPS) is 12.7. The highest BCUT2D eigenvalue weighted by Gasteiger charge is 2.14. The quantitative estimate of drug-likeness (QED) is 0.668. The predicted octanol–water partition coefficient (Wildman–Crippen LogP) is 2.95. The van der Waals surface area contributed by atoms with Crippen molar-refractivity contribution in [2.24, 2.45) is 5.84 Å². The van der Waals surface area contributed by atoms with Crippen molar-refractivity contribution in [3.05, 3.63) is 50.7 Å². The van der Waals surface area contributed by atoms with Gasteiger partial charge in [0.15, 0.2) is 0 Å². The summed E-state index contributed by atoms with van der Waals surface area (Å²) in [5, 5.41) is 1.04. The van der Waals surface area contributed by atoms with Crippen LogP contribution in [-0.2, 0) is 6.42 Å². The van der Waals surface area contributed by atoms with Crippen LogP contribution in [0.15, 0.2) is 18.2 Å². The molecule has 3 nitrogen and oxygen atoms in total. The molecule has 0 aliphatic heterocycles. The number of nitrogens with one attached hydrogen (secondary N) is 1. The Hall–Kier alpha value is -1.30. The van der Waals surface area contributed by atoms with Gasteiger partial charge in [0.05, 0.1) is 16.7 Å². The molecule has 2 aromatic rings. The van der Waals surface area contributed by atoms with Crippen LogP contribution < -0.4 is 11.3 Å². The lowest BCUT2D eigenvalue weighted by molar-refractivity contribution is 0.546. The van der Waals surface area contributed by atoms with Crippen molar-refractivity contribution < 1.29 is 4.39 Å². The van der Waals surface area contributed by atoms with Gasteiger partial charge in [-0.2, -0.15) is 0 Å². The molecule has 0 saturated heterocycles. The molecule has 0 bridgehead atoms. The number of halogens is 1. The smallest absolute Gasteiger partial charge is 0.126 e. The maximum atomic E-state index is 13.3. The van der Waals surface area contributed by atoms with Gasteiger partial charge in [-0.3, -0.25) is 11.3 Å². The van der Waals surface area contributed by atoms with Gasteiger partial charge in [-0.25, -0.2) is 9.37 Å². The van der Waals surface area contributed by atoms with Crippen molar-refractivity contribution in [3.63, 3.8) is 0 Å². The number of nitrogens with two attached hydrogens (primary N) is 1. The number of benzene rings is 1. The summed E-state index contributed by atoms with van der Waals surface area (Å²) in [6, 6.07) is 5.02. The molecule has 0 fully saturated rings. The molecule has 2 rings (SSSR count). The molecule has 19 heavy (non-hydrogen) atoms. The highest BCUT2D eigenvalue weighted by molar-refractivity contribution is 7.11. The van der Waals surface area contributed by atoms with E-state index in [0.717, 1.165) is 16.3 Å². The van der Waals surface area contributed by atoms with Crippen molar-refractivity contribution in [1.82, 2.24) is 10.4 Å². The summed E-state index contributed by atoms with van der Waals surface area (Å²) in [7, 11) is 0. The molecule has 0 aliphatic carbocycles. The van der Waals surface area contributed by atoms with Crippen LogP contribution >= 0.6 is 11.3 Å². The molecule has 1 atom stereocenters. The largest absolute Gasteiger partial charge is 0.271 e. The Morgan fingerprint density at radius 3 is 2.63 bits per heavy atom. The third kappa shape index (κ3) is 3.18. The standard InChI is InChI=1S/C14H18FN3S/c1-8-6-11(4-5-12(8)15)13(18-16)7-14-17-9(2)10(3)19-14/h4-6,13,18H,7,16H2,1-3H3. The molecule has 1 aromatic heterocycles. The van der Waals surface area contributed by atoms with E-state index in [4.69, 9.17) is 5.84 Å². The first-order valence-electron chi connectivity index (χ1n) is 6.16. The molecule has 0 radical (unpaired) electrons. The predicted molar refractivity (Wildman–Crippen MR) is 76.5 cm³/mol. The Labute approximate surface area is 116 Å². The fraction of sp³-hybridized carbons (Fsp3) is 0.357. The van der Waals surface area contributed by atoms with Crippen LogP contribution in [0.2, 0.25) is 0 Å². The summed E-state index contributed by atoms with van der Waals surface area (Å²) in [5.74, 6) is 5.42. The van der Waals surface area contributed by atoms with Gasteiger partial charge in [0.25, 0.3) is 0 Å². The number of hydrogen-bond acceptors (Lipinski definition) is 4. The molecule has 0 amide bonds. The number of aryl methyl sites for hydroxylation is 3. The van der Waals surface area contributed by atoms with Gasteiger partial charge >= 0.3 is 0 Å². The lowest BCUT2D eigenvalue weighted by atomic mass is 10.0. The molecule has 1 heterocycles. The number of hydrogen-bond donors (Lipinski definition) is 2. The molecule has 0 saturated carbocycles. The van der Waals surface area contributed by atoms with Crippen molar-refractivity contribution >= 4 is 11.3 Å². The van der Waals surface area contributed by atoms with Crippen LogP contribution in [-0.4, -0.2) is 4.98 Å². The number of hydrazine groups is 1. The van der Waals surface area contributed by atoms with Gasteiger partial charge in [-0.05, 0) is 38.0 Å². The number of rotatable bonds is 4. The van der Waals surface area contributed by atoms with E-state index in [1.807, 2.05) is 13.0 Å². The molecule has 1 unspecified atom stereocenters. The lowest BCUT2D eigenvalue weighted by Gasteiger charge is -2.15. The van der Waals surface area contributed by atoms with Gasteiger partial charge in [-0.15, -0.1) is 11.3 Å². The molecule has 0 spiro atoms. The Balaban J connectivity index is 2.22. The number of nitrogens with zero attached hydrogens (tertiary/aromatic N) is 1. The van der Waals surface area contributed by atoms with Crippen molar-refractivity contribution in [2.75, 3.05) is 0 Å². The summed E-state index contributed by atoms with van der Waals surface area (Å²) in [5.41, 5.74) is 5.46. The van der Waals surface area contributed by atoms with Crippen LogP contribution in [0, 0.1) is 26.6 Å². The third-order valence-corrected chi connectivity index (χ3v) is 4.33. The SMILES string of the molecule is Cc1cc(C(Cc2nc(C)c(C)s2)NN)ccc1F. The van der Waals surface area contributed by atoms with Gasteiger partial charge in [0.1, 0.15) is 5.82 Å². The Morgan fingerprint density at radius 2 is 2.11 bits per heavy atom. The van der Waals surface area contributed by atoms with Crippen LogP contribution in [0.1, 0.15) is 32.7 Å². The van der Waals surface area contributed by atoms with Gasteiger partial charge < -0.3 is 0 Å². The highest BCUT2D eigenvalue weighted by Crippen LogP contribution is 2.24. The fourth-order valence-corrected chi connectivity index (χ4v) is 2.94. The Morgan fingerprint density at radius 1 is 1.37 bits per heavy atom. The first kappa shape index (κ1) is 14.1. The summed E-state index contributed by atoms with van der Waals surface area (Å²) >= 11 is 1.68. The molecule has 3 N–H and O–H groups in total. The van der Waals surface area contributed by atoms with Crippen LogP contribution in [0.4, 0.5) is 4.39 Å². The number of aromatic nitrogens is 1. The number of thiazole rings is 1. The average Bonchev–Trinajstić information content (AvgIpc) is 2.69. The van der Waals surface area contributed by atoms with E-state index < -0.39 is 0 Å². The second-order valence-electron chi connectivity index (χ2n) is 4.68. The minimum absolute atomic E-state index is 0.0516. The second kappa shape index (κ2) is 5.77. The van der Waals surface area contributed by atoms with E-state index >= 15 is 0 Å². The highest BCUT2D eigenvalue weighted by atomic mass is 32.1. The van der Waals surface area contributed by atoms with E-state index in [2.05, 4.69) is 17.3 Å². The van der Waals surface area contributed by atoms with E-state index in [9.17, 15) is 4.39 Å². The summed E-state index contributed by atoms with van der Waals surface area (Å²) in [6.07, 6.45) is 0.709. The second-order valence-corrected chi connectivity index (χ2v) is 5.97. The minimum atomic E-state index is -0.194. The van der Waals surface area contributed by atoms with Gasteiger partial charge in [0, 0.05) is 11.3 Å². The molecule has 0 aliphatic rings. The Kier molecular flexibility index (Phi) is 4.29. The van der Waals surface area contributed by atoms with Crippen LogP contribution in [0.25, 0.3) is 0 Å². The van der Waals surface area contributed by atoms with Gasteiger partial charge in [-0.1, -0.05) is 12.1 Å². The lowest BCUT2D eigenvalue weighted by Crippen LogP contribution is -2.29. The molecular weight excluding hydrogens is 261 g/mol. The molecule has 1 aromatic carbocycles. The zero-order valence-corrected chi connectivity index (χ0v) is 12.1. The zero-order valence-electron chi connectivity index (χ0n) is 11.3. The van der Waals surface area contributed by atoms with E-state index in [-0.39, 0.29) is 11.9 Å². The van der Waals surface area contributed by atoms with E-state index in [1.165, 1.54) is 10.9 Å². The van der Waals surface area contributed by atoms with Crippen molar-refractivity contribution in [2.45, 2.75) is 33.2 Å². The van der Waals surface area contributed by atoms with Crippen LogP contribution in [0.3, 0.4) is 0 Å². The first-order chi connectivity index (χ1) is 9.01. The maximum absolute atomic E-state index is 13.3. The van der Waals surface area contributed by atoms with E-state index in [1.54, 1.807) is 24.3 Å². The van der Waals surface area contributed by atoms with E-state index in [0.29, 0.717) is 12.0 Å². The fourth-order valence-electron chi connectivity index (χ4n) is 1.96. The third-order valence-electron chi connectivity index (χ3n) is 3.24. The van der Waals surface area contributed by atoms with Crippen molar-refractivity contribution in [3.8, 4) is 0 Å². The topological polar surface area (TPSA) is 50.9 Å². The summed E-state index contributed by atoms with van der Waals surface area (Å²) in [4.78, 5) is 5.74. The maximum Gasteiger partial charge on any atom is 0.126 e. The molecule has 102 valence electrons. The summed E-state index contributed by atoms with van der Waals surface area (Å²) < 4.78 is 13.3. The Bertz CT molecular complexity index is 561. The monoisotopic (exact) mass is 279 g/mol. The van der Waals surface area contributed by atoms with Crippen molar-refractivity contribution in [1.29, 1.82) is 0 Å².